The molecule has 0 saturated carbocycles. The standard InChI is InChI=1S/C20H40O7P2/c1-9-19(13-24-28(21,25-14-19)17(3,4)5)11-23-12-20(10-2)15-26-29(22,27-16-20)18(6,7)8/h9-16H2,1-8H3. The largest absolute Gasteiger partial charge is 0.380 e. The Morgan fingerprint density at radius 2 is 0.966 bits per heavy atom. The predicted molar refractivity (Wildman–Crippen MR) is 115 cm³/mol. The van der Waals surface area contributed by atoms with Crippen LogP contribution >= 0.6 is 15.2 Å². The Labute approximate surface area is 176 Å². The molecule has 0 aromatic heterocycles. The Morgan fingerprint density at radius 1 is 0.690 bits per heavy atom. The van der Waals surface area contributed by atoms with Crippen molar-refractivity contribution in [2.75, 3.05) is 39.6 Å². The van der Waals surface area contributed by atoms with Gasteiger partial charge in [0.25, 0.3) is 0 Å². The van der Waals surface area contributed by atoms with Gasteiger partial charge in [-0.15, -0.1) is 0 Å². The van der Waals surface area contributed by atoms with E-state index in [1.165, 1.54) is 0 Å². The summed E-state index contributed by atoms with van der Waals surface area (Å²) < 4.78 is 54.9. The van der Waals surface area contributed by atoms with E-state index in [1.807, 2.05) is 41.5 Å². The lowest BCUT2D eigenvalue weighted by molar-refractivity contribution is -0.0945. The molecular formula is C20H40O7P2. The van der Waals surface area contributed by atoms with E-state index < -0.39 is 25.5 Å². The quantitative estimate of drug-likeness (QED) is 0.464. The van der Waals surface area contributed by atoms with Crippen LogP contribution in [0.5, 0.6) is 0 Å². The van der Waals surface area contributed by atoms with Crippen LogP contribution in [0.2, 0.25) is 0 Å². The molecule has 0 radical (unpaired) electrons. The van der Waals surface area contributed by atoms with Gasteiger partial charge < -0.3 is 22.8 Å². The number of hydrogen-bond donors (Lipinski definition) is 0. The van der Waals surface area contributed by atoms with Crippen molar-refractivity contribution in [2.24, 2.45) is 10.8 Å². The van der Waals surface area contributed by atoms with Crippen LogP contribution in [-0.2, 0) is 32.0 Å². The van der Waals surface area contributed by atoms with Gasteiger partial charge in [0, 0.05) is 10.8 Å². The first-order valence-corrected chi connectivity index (χ1v) is 13.6. The molecule has 0 bridgehead atoms. The highest BCUT2D eigenvalue weighted by atomic mass is 31.2. The average Bonchev–Trinajstić information content (AvgIpc) is 2.64. The summed E-state index contributed by atoms with van der Waals surface area (Å²) in [6, 6.07) is 0. The second-order valence-corrected chi connectivity index (χ2v) is 16.3. The van der Waals surface area contributed by atoms with Gasteiger partial charge in [-0.3, -0.25) is 9.13 Å². The van der Waals surface area contributed by atoms with E-state index in [2.05, 4.69) is 13.8 Å². The molecule has 2 rings (SSSR count). The average molecular weight is 454 g/mol. The molecule has 2 saturated heterocycles. The first-order valence-electron chi connectivity index (χ1n) is 10.5. The Morgan fingerprint density at radius 3 is 1.17 bits per heavy atom. The van der Waals surface area contributed by atoms with Crippen LogP contribution in [0.3, 0.4) is 0 Å². The second kappa shape index (κ2) is 8.65. The lowest BCUT2D eigenvalue weighted by Gasteiger charge is -2.44. The molecule has 0 aliphatic carbocycles. The van der Waals surface area contributed by atoms with Crippen LogP contribution < -0.4 is 0 Å². The number of hydrogen-bond acceptors (Lipinski definition) is 7. The highest BCUT2D eigenvalue weighted by Gasteiger charge is 2.50. The maximum atomic E-state index is 12.9. The molecule has 29 heavy (non-hydrogen) atoms. The minimum atomic E-state index is -3.13. The van der Waals surface area contributed by atoms with E-state index in [0.29, 0.717) is 39.6 Å². The summed E-state index contributed by atoms with van der Waals surface area (Å²) in [5.74, 6) is 0. The summed E-state index contributed by atoms with van der Waals surface area (Å²) in [7, 11) is -6.25. The van der Waals surface area contributed by atoms with Gasteiger partial charge in [-0.25, -0.2) is 0 Å². The van der Waals surface area contributed by atoms with Crippen LogP contribution in [0.1, 0.15) is 68.2 Å². The molecule has 2 fully saturated rings. The van der Waals surface area contributed by atoms with Gasteiger partial charge in [-0.1, -0.05) is 13.8 Å². The van der Waals surface area contributed by atoms with E-state index in [1.54, 1.807) is 0 Å². The highest BCUT2D eigenvalue weighted by Crippen LogP contribution is 2.64. The van der Waals surface area contributed by atoms with Crippen molar-refractivity contribution in [2.45, 2.75) is 78.5 Å². The summed E-state index contributed by atoms with van der Waals surface area (Å²) in [4.78, 5) is 0. The first-order chi connectivity index (χ1) is 13.2. The lowest BCUT2D eigenvalue weighted by Crippen LogP contribution is -2.45. The van der Waals surface area contributed by atoms with Crippen LogP contribution in [0, 0.1) is 10.8 Å². The summed E-state index contributed by atoms with van der Waals surface area (Å²) in [6.45, 7) is 17.6. The van der Waals surface area contributed by atoms with Crippen molar-refractivity contribution in [1.29, 1.82) is 0 Å². The maximum Gasteiger partial charge on any atom is 0.335 e. The van der Waals surface area contributed by atoms with E-state index in [4.69, 9.17) is 22.8 Å². The topological polar surface area (TPSA) is 80.3 Å². The fraction of sp³-hybridized carbons (Fsp3) is 1.00. The molecule has 7 nitrogen and oxygen atoms in total. The Bertz CT molecular complexity index is 583. The molecule has 0 unspecified atom stereocenters. The number of ether oxygens (including phenoxy) is 1. The van der Waals surface area contributed by atoms with E-state index in [0.717, 1.165) is 12.8 Å². The molecule has 0 spiro atoms. The molecular weight excluding hydrogens is 414 g/mol. The van der Waals surface area contributed by atoms with Gasteiger partial charge in [0.05, 0.1) is 50.0 Å². The molecule has 0 atom stereocenters. The smallest absolute Gasteiger partial charge is 0.335 e. The third kappa shape index (κ3) is 5.37. The summed E-state index contributed by atoms with van der Waals surface area (Å²) in [6.07, 6.45) is 1.59. The molecule has 2 aliphatic rings. The fourth-order valence-corrected chi connectivity index (χ4v) is 6.56. The van der Waals surface area contributed by atoms with E-state index >= 15 is 0 Å². The van der Waals surface area contributed by atoms with Crippen molar-refractivity contribution in [3.63, 3.8) is 0 Å². The molecule has 9 heteroatoms. The van der Waals surface area contributed by atoms with Crippen molar-refractivity contribution in [3.8, 4) is 0 Å². The van der Waals surface area contributed by atoms with E-state index in [-0.39, 0.29) is 10.8 Å². The zero-order chi connectivity index (χ0) is 22.2. The van der Waals surface area contributed by atoms with Crippen LogP contribution in [-0.4, -0.2) is 50.0 Å². The van der Waals surface area contributed by atoms with Gasteiger partial charge in [-0.05, 0) is 54.4 Å². The molecule has 2 heterocycles. The SMILES string of the molecule is CCC1(COCC2(CC)COP(=O)(C(C)(C)C)OC2)COP(=O)(C(C)(C)C)OC1. The van der Waals surface area contributed by atoms with Crippen molar-refractivity contribution in [1.82, 2.24) is 0 Å². The normalized spacial score (nSPS) is 39.4. The Balaban J connectivity index is 1.94. The molecule has 2 aliphatic heterocycles. The predicted octanol–water partition coefficient (Wildman–Crippen LogP) is 5.87. The minimum absolute atomic E-state index is 0.328. The van der Waals surface area contributed by atoms with Crippen LogP contribution in [0.15, 0.2) is 0 Å². The van der Waals surface area contributed by atoms with Crippen molar-refractivity contribution >= 4 is 15.2 Å². The molecule has 0 aromatic carbocycles. The van der Waals surface area contributed by atoms with Crippen molar-refractivity contribution < 1.29 is 32.0 Å². The summed E-state index contributed by atoms with van der Waals surface area (Å²) in [5, 5.41) is -1.09. The van der Waals surface area contributed by atoms with Gasteiger partial charge in [0.1, 0.15) is 0 Å². The molecule has 0 N–H and O–H groups in total. The number of rotatable bonds is 6. The summed E-state index contributed by atoms with van der Waals surface area (Å²) in [5.41, 5.74) is -0.656. The third-order valence-electron chi connectivity index (χ3n) is 6.12. The van der Waals surface area contributed by atoms with Gasteiger partial charge in [0.15, 0.2) is 0 Å². The Hall–Kier alpha value is 0.260. The van der Waals surface area contributed by atoms with Gasteiger partial charge in [-0.2, -0.15) is 0 Å². The van der Waals surface area contributed by atoms with Crippen LogP contribution in [0.4, 0.5) is 0 Å². The first kappa shape index (κ1) is 25.5. The summed E-state index contributed by atoms with van der Waals surface area (Å²) >= 11 is 0. The monoisotopic (exact) mass is 454 g/mol. The van der Waals surface area contributed by atoms with Gasteiger partial charge in [0.2, 0.25) is 0 Å². The molecule has 0 amide bonds. The Kier molecular flexibility index (Phi) is 7.62. The molecule has 0 aromatic rings. The molecule has 172 valence electrons. The van der Waals surface area contributed by atoms with Crippen molar-refractivity contribution in [3.05, 3.63) is 0 Å². The zero-order valence-corrected chi connectivity index (χ0v) is 21.2. The lowest BCUT2D eigenvalue weighted by atomic mass is 9.86. The third-order valence-corrected chi connectivity index (χ3v) is 11.3. The maximum absolute atomic E-state index is 12.9. The van der Waals surface area contributed by atoms with Gasteiger partial charge >= 0.3 is 15.2 Å². The highest BCUT2D eigenvalue weighted by molar-refractivity contribution is 7.55. The fourth-order valence-electron chi connectivity index (χ4n) is 3.08. The van der Waals surface area contributed by atoms with Crippen LogP contribution in [0.25, 0.3) is 0 Å². The van der Waals surface area contributed by atoms with E-state index in [9.17, 15) is 9.13 Å². The zero-order valence-electron chi connectivity index (χ0n) is 19.4. The second-order valence-electron chi connectivity index (χ2n) is 10.6. The minimum Gasteiger partial charge on any atom is -0.380 e.